The number of hydrogen-bond acceptors (Lipinski definition) is 2. The standard InChI is InChI=1S/C27H28N2OS/c1-18-8-7-9-22(14-18)15-29-16-25(23-10-5-6-11-24(23)29)31-17-26(30)28-27-20(3)12-19(2)13-21(27)4/h5-14,16H,15,17H2,1-4H3,(H,28,30). The molecule has 0 spiro atoms. The lowest BCUT2D eigenvalue weighted by atomic mass is 10.1. The van der Waals surface area contributed by atoms with Crippen LogP contribution in [0.2, 0.25) is 0 Å². The van der Waals surface area contributed by atoms with Crippen molar-refractivity contribution in [2.45, 2.75) is 39.1 Å². The zero-order valence-corrected chi connectivity index (χ0v) is 19.3. The smallest absolute Gasteiger partial charge is 0.234 e. The highest BCUT2D eigenvalue weighted by molar-refractivity contribution is 8.00. The van der Waals surface area contributed by atoms with Crippen molar-refractivity contribution in [3.63, 3.8) is 0 Å². The van der Waals surface area contributed by atoms with E-state index < -0.39 is 0 Å². The first-order valence-electron chi connectivity index (χ1n) is 10.5. The normalized spacial score (nSPS) is 11.1. The quantitative estimate of drug-likeness (QED) is 0.349. The molecule has 1 heterocycles. The Bertz CT molecular complexity index is 1230. The summed E-state index contributed by atoms with van der Waals surface area (Å²) >= 11 is 1.59. The number of aryl methyl sites for hydroxylation is 4. The van der Waals surface area contributed by atoms with Crippen molar-refractivity contribution in [3.05, 3.63) is 94.7 Å². The van der Waals surface area contributed by atoms with E-state index in [9.17, 15) is 4.79 Å². The highest BCUT2D eigenvalue weighted by Crippen LogP contribution is 2.31. The van der Waals surface area contributed by atoms with Crippen molar-refractivity contribution in [2.24, 2.45) is 0 Å². The van der Waals surface area contributed by atoms with Gasteiger partial charge in [0.25, 0.3) is 0 Å². The van der Waals surface area contributed by atoms with E-state index in [1.54, 1.807) is 11.8 Å². The summed E-state index contributed by atoms with van der Waals surface area (Å²) in [6.07, 6.45) is 2.17. The summed E-state index contributed by atoms with van der Waals surface area (Å²) in [4.78, 5) is 13.8. The molecule has 3 aromatic carbocycles. The van der Waals surface area contributed by atoms with Crippen molar-refractivity contribution in [2.75, 3.05) is 11.1 Å². The van der Waals surface area contributed by atoms with Crippen molar-refractivity contribution in [1.29, 1.82) is 0 Å². The molecule has 0 radical (unpaired) electrons. The summed E-state index contributed by atoms with van der Waals surface area (Å²) in [6.45, 7) is 9.10. The fraction of sp³-hybridized carbons (Fsp3) is 0.222. The van der Waals surface area contributed by atoms with E-state index in [1.165, 1.54) is 27.6 Å². The van der Waals surface area contributed by atoms with Gasteiger partial charge in [-0.1, -0.05) is 65.7 Å². The summed E-state index contributed by atoms with van der Waals surface area (Å²) in [5, 5.41) is 4.30. The molecule has 4 heteroatoms. The molecule has 1 amide bonds. The Morgan fingerprint density at radius 3 is 2.39 bits per heavy atom. The van der Waals surface area contributed by atoms with Crippen molar-refractivity contribution >= 4 is 34.3 Å². The molecule has 0 unspecified atom stereocenters. The number of anilines is 1. The molecule has 0 aliphatic rings. The second-order valence-electron chi connectivity index (χ2n) is 8.24. The minimum atomic E-state index is 0.0237. The first-order chi connectivity index (χ1) is 14.9. The van der Waals surface area contributed by atoms with Gasteiger partial charge in [-0.15, -0.1) is 11.8 Å². The third-order valence-corrected chi connectivity index (χ3v) is 6.53. The maximum Gasteiger partial charge on any atom is 0.234 e. The zero-order chi connectivity index (χ0) is 22.0. The monoisotopic (exact) mass is 428 g/mol. The fourth-order valence-corrected chi connectivity index (χ4v) is 5.05. The van der Waals surface area contributed by atoms with Gasteiger partial charge >= 0.3 is 0 Å². The van der Waals surface area contributed by atoms with Gasteiger partial charge in [-0.25, -0.2) is 0 Å². The molecule has 0 bridgehead atoms. The molecule has 4 aromatic rings. The van der Waals surface area contributed by atoms with Crippen LogP contribution in [0.3, 0.4) is 0 Å². The van der Waals surface area contributed by atoms with Gasteiger partial charge in [0, 0.05) is 34.2 Å². The van der Waals surface area contributed by atoms with E-state index in [-0.39, 0.29) is 5.91 Å². The predicted molar refractivity (Wildman–Crippen MR) is 132 cm³/mol. The lowest BCUT2D eigenvalue weighted by Crippen LogP contribution is -2.15. The first kappa shape index (κ1) is 21.3. The van der Waals surface area contributed by atoms with Gasteiger partial charge in [-0.3, -0.25) is 4.79 Å². The van der Waals surface area contributed by atoms with E-state index in [0.29, 0.717) is 5.75 Å². The van der Waals surface area contributed by atoms with Crippen LogP contribution in [0.25, 0.3) is 10.9 Å². The van der Waals surface area contributed by atoms with E-state index in [0.717, 1.165) is 28.3 Å². The Morgan fingerprint density at radius 2 is 1.65 bits per heavy atom. The third kappa shape index (κ3) is 4.86. The number of amides is 1. The lowest BCUT2D eigenvalue weighted by Gasteiger charge is -2.12. The van der Waals surface area contributed by atoms with Crippen LogP contribution in [-0.2, 0) is 11.3 Å². The minimum Gasteiger partial charge on any atom is -0.342 e. The summed E-state index contributed by atoms with van der Waals surface area (Å²) < 4.78 is 2.28. The van der Waals surface area contributed by atoms with E-state index in [4.69, 9.17) is 0 Å². The summed E-state index contributed by atoms with van der Waals surface area (Å²) in [6, 6.07) is 21.2. The third-order valence-electron chi connectivity index (χ3n) is 5.49. The van der Waals surface area contributed by atoms with E-state index >= 15 is 0 Å². The van der Waals surface area contributed by atoms with Gasteiger partial charge in [-0.05, 0) is 50.5 Å². The van der Waals surface area contributed by atoms with Gasteiger partial charge < -0.3 is 9.88 Å². The van der Waals surface area contributed by atoms with Gasteiger partial charge in [-0.2, -0.15) is 0 Å². The molecule has 4 rings (SSSR count). The molecule has 0 aliphatic carbocycles. The van der Waals surface area contributed by atoms with Gasteiger partial charge in [0.2, 0.25) is 5.91 Å². The number of carbonyl (C=O) groups is 1. The molecule has 158 valence electrons. The van der Waals surface area contributed by atoms with Gasteiger partial charge in [0.15, 0.2) is 0 Å². The molecule has 0 saturated heterocycles. The molecule has 3 nitrogen and oxygen atoms in total. The molecule has 0 atom stereocenters. The number of nitrogens with one attached hydrogen (secondary N) is 1. The average Bonchev–Trinajstić information content (AvgIpc) is 3.07. The van der Waals surface area contributed by atoms with E-state index in [1.807, 2.05) is 13.8 Å². The number of hydrogen-bond donors (Lipinski definition) is 1. The number of para-hydroxylation sites is 1. The zero-order valence-electron chi connectivity index (χ0n) is 18.5. The van der Waals surface area contributed by atoms with Crippen LogP contribution in [0.4, 0.5) is 5.69 Å². The lowest BCUT2D eigenvalue weighted by molar-refractivity contribution is -0.113. The van der Waals surface area contributed by atoms with Crippen LogP contribution in [-0.4, -0.2) is 16.2 Å². The van der Waals surface area contributed by atoms with Gasteiger partial charge in [0.1, 0.15) is 0 Å². The van der Waals surface area contributed by atoms with Crippen LogP contribution >= 0.6 is 11.8 Å². The number of benzene rings is 3. The number of thioether (sulfide) groups is 1. The molecule has 31 heavy (non-hydrogen) atoms. The Labute approximate surface area is 188 Å². The molecular weight excluding hydrogens is 400 g/mol. The average molecular weight is 429 g/mol. The Kier molecular flexibility index (Phi) is 6.19. The maximum absolute atomic E-state index is 12.7. The van der Waals surface area contributed by atoms with Crippen molar-refractivity contribution in [1.82, 2.24) is 4.57 Å². The largest absolute Gasteiger partial charge is 0.342 e. The predicted octanol–water partition coefficient (Wildman–Crippen LogP) is 6.65. The summed E-state index contributed by atoms with van der Waals surface area (Å²) in [5.41, 5.74) is 8.08. The van der Waals surface area contributed by atoms with Crippen molar-refractivity contribution < 1.29 is 4.79 Å². The van der Waals surface area contributed by atoms with Crippen molar-refractivity contribution in [3.8, 4) is 0 Å². The number of aromatic nitrogens is 1. The highest BCUT2D eigenvalue weighted by atomic mass is 32.2. The topological polar surface area (TPSA) is 34.0 Å². The second kappa shape index (κ2) is 9.03. The fourth-order valence-electron chi connectivity index (χ4n) is 4.16. The number of rotatable bonds is 6. The molecule has 1 aromatic heterocycles. The Morgan fingerprint density at radius 1 is 0.903 bits per heavy atom. The second-order valence-corrected chi connectivity index (χ2v) is 9.26. The van der Waals surface area contributed by atoms with Crippen LogP contribution < -0.4 is 5.32 Å². The SMILES string of the molecule is Cc1cccc(Cn2cc(SCC(=O)Nc3c(C)cc(C)cc3C)c3ccccc32)c1. The molecule has 0 fully saturated rings. The molecule has 1 N–H and O–H groups in total. The Hall–Kier alpha value is -2.98. The van der Waals surface area contributed by atoms with Crippen LogP contribution in [0.15, 0.2) is 71.8 Å². The van der Waals surface area contributed by atoms with E-state index in [2.05, 4.69) is 90.6 Å². The molecule has 0 saturated carbocycles. The minimum absolute atomic E-state index is 0.0237. The van der Waals surface area contributed by atoms with Gasteiger partial charge in [0.05, 0.1) is 5.75 Å². The maximum atomic E-state index is 12.7. The van der Waals surface area contributed by atoms with Crippen LogP contribution in [0, 0.1) is 27.7 Å². The first-order valence-corrected chi connectivity index (χ1v) is 11.5. The summed E-state index contributed by atoms with van der Waals surface area (Å²) in [7, 11) is 0. The highest BCUT2D eigenvalue weighted by Gasteiger charge is 2.13. The molecule has 0 aliphatic heterocycles. The number of fused-ring (bicyclic) bond motifs is 1. The van der Waals surface area contributed by atoms with Crippen LogP contribution in [0.1, 0.15) is 27.8 Å². The van der Waals surface area contributed by atoms with Crippen LogP contribution in [0.5, 0.6) is 0 Å². The number of carbonyl (C=O) groups excluding carboxylic acids is 1. The Balaban J connectivity index is 1.52. The summed E-state index contributed by atoms with van der Waals surface area (Å²) in [5.74, 6) is 0.404. The molecular formula is C27H28N2OS. The number of nitrogens with zero attached hydrogens (tertiary/aromatic N) is 1.